The maximum absolute atomic E-state index is 14.9. The van der Waals surface area contributed by atoms with E-state index < -0.39 is 5.82 Å². The molecule has 0 saturated heterocycles. The first kappa shape index (κ1) is 22.9. The second kappa shape index (κ2) is 10.1. The molecule has 0 fully saturated rings. The SMILES string of the molecule is COc1cc2nccc(Oc3cc4sc(CCCOc5ccccc5)nc4cc3F)c2cc1OC. The van der Waals surface area contributed by atoms with Crippen molar-refractivity contribution in [3.8, 4) is 28.7 Å². The molecule has 2 heterocycles. The third-order valence-electron chi connectivity index (χ3n) is 5.46. The van der Waals surface area contributed by atoms with Crippen LogP contribution in [-0.4, -0.2) is 30.8 Å². The van der Waals surface area contributed by atoms with Gasteiger partial charge in [0.2, 0.25) is 0 Å². The third kappa shape index (κ3) is 4.97. The highest BCUT2D eigenvalue weighted by molar-refractivity contribution is 7.18. The zero-order valence-electron chi connectivity index (χ0n) is 19.3. The zero-order chi connectivity index (χ0) is 24.2. The predicted molar refractivity (Wildman–Crippen MR) is 135 cm³/mol. The number of ether oxygens (including phenoxy) is 4. The maximum atomic E-state index is 14.9. The normalized spacial score (nSPS) is 11.1. The predicted octanol–water partition coefficient (Wildman–Crippen LogP) is 6.80. The minimum Gasteiger partial charge on any atom is -0.494 e. The molecule has 0 amide bonds. The lowest BCUT2D eigenvalue weighted by molar-refractivity contribution is 0.311. The minimum absolute atomic E-state index is 0.127. The summed E-state index contributed by atoms with van der Waals surface area (Å²) in [6.45, 7) is 0.589. The van der Waals surface area contributed by atoms with Gasteiger partial charge in [-0.15, -0.1) is 11.3 Å². The molecule has 3 aromatic carbocycles. The number of rotatable bonds is 9. The van der Waals surface area contributed by atoms with Crippen molar-refractivity contribution in [2.75, 3.05) is 20.8 Å². The topological polar surface area (TPSA) is 62.7 Å². The summed E-state index contributed by atoms with van der Waals surface area (Å²) in [5, 5.41) is 1.62. The molecule has 6 nitrogen and oxygen atoms in total. The Balaban J connectivity index is 1.34. The lowest BCUT2D eigenvalue weighted by Crippen LogP contribution is -1.98. The summed E-state index contributed by atoms with van der Waals surface area (Å²) in [5.74, 6) is 2.06. The van der Waals surface area contributed by atoms with Crippen LogP contribution >= 0.6 is 11.3 Å². The molecule has 35 heavy (non-hydrogen) atoms. The van der Waals surface area contributed by atoms with E-state index in [0.29, 0.717) is 40.3 Å². The molecule has 0 bridgehead atoms. The van der Waals surface area contributed by atoms with Gasteiger partial charge < -0.3 is 18.9 Å². The Hall–Kier alpha value is -3.91. The van der Waals surface area contributed by atoms with Gasteiger partial charge in [-0.1, -0.05) is 18.2 Å². The standard InChI is InChI=1S/C27H23FN2O4S/c1-31-24-13-18-20(15-25(24)32-2)29-11-10-22(18)34-23-16-26-21(14-19(23)28)30-27(35-26)9-6-12-33-17-7-4-3-5-8-17/h3-5,7-8,10-11,13-16H,6,9,12H2,1-2H3. The van der Waals surface area contributed by atoms with Crippen molar-refractivity contribution in [1.82, 2.24) is 9.97 Å². The number of nitrogens with zero attached hydrogens (tertiary/aromatic N) is 2. The van der Waals surface area contributed by atoms with E-state index >= 15 is 0 Å². The average Bonchev–Trinajstić information content (AvgIpc) is 3.28. The molecule has 5 rings (SSSR count). The minimum atomic E-state index is -0.479. The maximum Gasteiger partial charge on any atom is 0.167 e. The van der Waals surface area contributed by atoms with Crippen molar-refractivity contribution in [2.45, 2.75) is 12.8 Å². The first-order chi connectivity index (χ1) is 17.1. The van der Waals surface area contributed by atoms with Gasteiger partial charge in [0, 0.05) is 36.2 Å². The molecule has 0 saturated carbocycles. The molecule has 2 aromatic heterocycles. The van der Waals surface area contributed by atoms with Gasteiger partial charge in [0.1, 0.15) is 11.5 Å². The van der Waals surface area contributed by atoms with Crippen molar-refractivity contribution in [1.29, 1.82) is 0 Å². The lowest BCUT2D eigenvalue weighted by atomic mass is 10.2. The van der Waals surface area contributed by atoms with Gasteiger partial charge in [0.05, 0.1) is 41.6 Å². The Morgan fingerprint density at radius 2 is 1.66 bits per heavy atom. The summed E-state index contributed by atoms with van der Waals surface area (Å²) in [7, 11) is 3.12. The van der Waals surface area contributed by atoms with Gasteiger partial charge in [0.15, 0.2) is 23.1 Å². The summed E-state index contributed by atoms with van der Waals surface area (Å²) in [6, 6.07) is 18.0. The Morgan fingerprint density at radius 1 is 0.857 bits per heavy atom. The van der Waals surface area contributed by atoms with Crippen LogP contribution in [0.3, 0.4) is 0 Å². The second-order valence-electron chi connectivity index (χ2n) is 7.76. The van der Waals surface area contributed by atoms with Crippen LogP contribution in [0.2, 0.25) is 0 Å². The first-order valence-corrected chi connectivity index (χ1v) is 11.9. The number of methoxy groups -OCH3 is 2. The van der Waals surface area contributed by atoms with Crippen LogP contribution in [0.4, 0.5) is 4.39 Å². The average molecular weight is 491 g/mol. The van der Waals surface area contributed by atoms with E-state index in [1.807, 2.05) is 30.3 Å². The largest absolute Gasteiger partial charge is 0.494 e. The summed E-state index contributed by atoms with van der Waals surface area (Å²) in [5.41, 5.74) is 1.27. The smallest absolute Gasteiger partial charge is 0.167 e. The monoisotopic (exact) mass is 490 g/mol. The van der Waals surface area contributed by atoms with Crippen molar-refractivity contribution in [2.24, 2.45) is 0 Å². The summed E-state index contributed by atoms with van der Waals surface area (Å²) in [6.07, 6.45) is 3.18. The Bertz CT molecular complexity index is 1470. The molecular weight excluding hydrogens is 467 g/mol. The molecule has 0 N–H and O–H groups in total. The highest BCUT2D eigenvalue weighted by atomic mass is 32.1. The molecular formula is C27H23FN2O4S. The van der Waals surface area contributed by atoms with E-state index in [1.54, 1.807) is 44.7 Å². The molecule has 0 aliphatic heterocycles. The molecule has 0 spiro atoms. The molecule has 0 atom stereocenters. The van der Waals surface area contributed by atoms with Gasteiger partial charge >= 0.3 is 0 Å². The number of benzene rings is 3. The fourth-order valence-corrected chi connectivity index (χ4v) is 4.77. The Labute approximate surface area is 205 Å². The number of hydrogen-bond donors (Lipinski definition) is 0. The van der Waals surface area contributed by atoms with Crippen LogP contribution in [0.15, 0.2) is 66.9 Å². The summed E-state index contributed by atoms with van der Waals surface area (Å²) >= 11 is 1.53. The fraction of sp³-hybridized carbons (Fsp3) is 0.185. The van der Waals surface area contributed by atoms with Gasteiger partial charge in [0.25, 0.3) is 0 Å². The van der Waals surface area contributed by atoms with Crippen LogP contribution in [-0.2, 0) is 6.42 Å². The van der Waals surface area contributed by atoms with E-state index in [1.165, 1.54) is 17.4 Å². The molecule has 8 heteroatoms. The van der Waals surface area contributed by atoms with Gasteiger partial charge in [-0.25, -0.2) is 9.37 Å². The quantitative estimate of drug-likeness (QED) is 0.212. The number of aryl methyl sites for hydroxylation is 1. The number of fused-ring (bicyclic) bond motifs is 2. The van der Waals surface area contributed by atoms with Crippen LogP contribution in [0.5, 0.6) is 28.7 Å². The fourth-order valence-electron chi connectivity index (χ4n) is 3.75. The highest BCUT2D eigenvalue weighted by Crippen LogP contribution is 2.38. The van der Waals surface area contributed by atoms with Crippen molar-refractivity contribution >= 4 is 32.5 Å². The van der Waals surface area contributed by atoms with Crippen molar-refractivity contribution in [3.05, 3.63) is 77.7 Å². The number of aromatic nitrogens is 2. The van der Waals surface area contributed by atoms with E-state index in [0.717, 1.165) is 28.3 Å². The van der Waals surface area contributed by atoms with E-state index in [4.69, 9.17) is 18.9 Å². The number of hydrogen-bond acceptors (Lipinski definition) is 7. The molecule has 0 unspecified atom stereocenters. The number of pyridine rings is 1. The van der Waals surface area contributed by atoms with E-state index in [2.05, 4.69) is 9.97 Å². The molecule has 0 aliphatic rings. The molecule has 0 aliphatic carbocycles. The Kier molecular flexibility index (Phi) is 6.63. The number of halogens is 1. The molecule has 0 radical (unpaired) electrons. The van der Waals surface area contributed by atoms with Crippen LogP contribution < -0.4 is 18.9 Å². The van der Waals surface area contributed by atoms with Gasteiger partial charge in [-0.05, 0) is 30.7 Å². The van der Waals surface area contributed by atoms with Crippen LogP contribution in [0.25, 0.3) is 21.1 Å². The molecule has 5 aromatic rings. The number of thiazole rings is 1. The molecule has 178 valence electrons. The van der Waals surface area contributed by atoms with Gasteiger partial charge in [-0.2, -0.15) is 0 Å². The highest BCUT2D eigenvalue weighted by Gasteiger charge is 2.15. The first-order valence-electron chi connectivity index (χ1n) is 11.1. The number of para-hydroxylation sites is 1. The zero-order valence-corrected chi connectivity index (χ0v) is 20.1. The summed E-state index contributed by atoms with van der Waals surface area (Å²) in [4.78, 5) is 8.96. The van der Waals surface area contributed by atoms with E-state index in [-0.39, 0.29) is 5.75 Å². The summed E-state index contributed by atoms with van der Waals surface area (Å²) < 4.78 is 38.3. The van der Waals surface area contributed by atoms with Crippen molar-refractivity contribution in [3.63, 3.8) is 0 Å². The second-order valence-corrected chi connectivity index (χ2v) is 8.87. The van der Waals surface area contributed by atoms with Gasteiger partial charge in [-0.3, -0.25) is 4.98 Å². The third-order valence-corrected chi connectivity index (χ3v) is 6.54. The lowest BCUT2D eigenvalue weighted by Gasteiger charge is -2.12. The van der Waals surface area contributed by atoms with E-state index in [9.17, 15) is 4.39 Å². The van der Waals surface area contributed by atoms with Crippen molar-refractivity contribution < 1.29 is 23.3 Å². The van der Waals surface area contributed by atoms with Crippen LogP contribution in [0.1, 0.15) is 11.4 Å². The Morgan fingerprint density at radius 3 is 2.46 bits per heavy atom. The van der Waals surface area contributed by atoms with Crippen LogP contribution in [0, 0.1) is 5.82 Å².